The number of thiocarbonyl (C=S) groups is 1. The first-order valence-corrected chi connectivity index (χ1v) is 8.24. The van der Waals surface area contributed by atoms with E-state index in [9.17, 15) is 9.18 Å². The van der Waals surface area contributed by atoms with Crippen LogP contribution in [0.3, 0.4) is 0 Å². The predicted molar refractivity (Wildman–Crippen MR) is 100.0 cm³/mol. The van der Waals surface area contributed by atoms with Gasteiger partial charge < -0.3 is 10.1 Å². The van der Waals surface area contributed by atoms with Gasteiger partial charge in [0.1, 0.15) is 5.70 Å². The van der Waals surface area contributed by atoms with Crippen LogP contribution in [0.25, 0.3) is 6.08 Å². The zero-order valence-corrected chi connectivity index (χ0v) is 14.7. The maximum atomic E-state index is 13.8. The number of hydrogen-bond donors (Lipinski definition) is 1. The Bertz CT molecular complexity index is 879. The average molecular weight is 356 g/mol. The van der Waals surface area contributed by atoms with Gasteiger partial charge in [-0.3, -0.25) is 9.69 Å². The van der Waals surface area contributed by atoms with Crippen molar-refractivity contribution in [2.75, 3.05) is 12.0 Å². The molecule has 0 atom stereocenters. The molecule has 1 amide bonds. The molecule has 0 aliphatic carbocycles. The normalized spacial score (nSPS) is 15.6. The number of rotatable bonds is 4. The lowest BCUT2D eigenvalue weighted by Gasteiger charge is -2.17. The number of nitrogens with one attached hydrogen (secondary N) is 1. The first-order valence-electron chi connectivity index (χ1n) is 7.83. The Kier molecular flexibility index (Phi) is 4.81. The van der Waals surface area contributed by atoms with Crippen LogP contribution in [0.2, 0.25) is 0 Å². The van der Waals surface area contributed by atoms with Gasteiger partial charge in [0.05, 0.1) is 12.8 Å². The summed E-state index contributed by atoms with van der Waals surface area (Å²) < 4.78 is 18.7. The van der Waals surface area contributed by atoms with Crippen molar-refractivity contribution in [2.45, 2.75) is 13.3 Å². The second-order valence-corrected chi connectivity index (χ2v) is 5.89. The summed E-state index contributed by atoms with van der Waals surface area (Å²) in [7, 11) is 1.40. The quantitative estimate of drug-likeness (QED) is 0.671. The highest BCUT2D eigenvalue weighted by Crippen LogP contribution is 2.27. The molecule has 0 unspecified atom stereocenters. The number of hydrogen-bond acceptors (Lipinski definition) is 3. The molecule has 0 bridgehead atoms. The maximum absolute atomic E-state index is 13.8. The molecule has 2 aromatic carbocycles. The molecule has 3 rings (SSSR count). The fourth-order valence-electron chi connectivity index (χ4n) is 2.72. The second-order valence-electron chi connectivity index (χ2n) is 5.50. The summed E-state index contributed by atoms with van der Waals surface area (Å²) >= 11 is 5.32. The summed E-state index contributed by atoms with van der Waals surface area (Å²) in [6, 6.07) is 12.1. The third kappa shape index (κ3) is 3.25. The molecule has 0 saturated carbocycles. The Labute approximate surface area is 150 Å². The van der Waals surface area contributed by atoms with Gasteiger partial charge in [-0.1, -0.05) is 31.2 Å². The number of nitrogens with zero attached hydrogens (tertiary/aromatic N) is 1. The highest BCUT2D eigenvalue weighted by atomic mass is 32.1. The molecule has 0 radical (unpaired) electrons. The maximum Gasteiger partial charge on any atom is 0.281 e. The van der Waals surface area contributed by atoms with Crippen molar-refractivity contribution in [3.05, 3.63) is 65.1 Å². The number of para-hydroxylation sites is 1. The van der Waals surface area contributed by atoms with Crippen LogP contribution in [0.1, 0.15) is 18.1 Å². The number of methoxy groups -OCH3 is 1. The number of carbonyl (C=O) groups is 1. The lowest BCUT2D eigenvalue weighted by atomic mass is 10.1. The number of amides is 1. The van der Waals surface area contributed by atoms with E-state index in [1.165, 1.54) is 24.1 Å². The summed E-state index contributed by atoms with van der Waals surface area (Å²) in [5.41, 5.74) is 2.64. The molecule has 4 nitrogen and oxygen atoms in total. The Morgan fingerprint density at radius 1 is 1.28 bits per heavy atom. The van der Waals surface area contributed by atoms with E-state index < -0.39 is 5.82 Å². The molecular weight excluding hydrogens is 339 g/mol. The van der Waals surface area contributed by atoms with E-state index in [0.717, 1.165) is 17.7 Å². The van der Waals surface area contributed by atoms with Gasteiger partial charge in [0.25, 0.3) is 5.91 Å². The summed E-state index contributed by atoms with van der Waals surface area (Å²) in [5.74, 6) is -0.595. The molecule has 0 aromatic heterocycles. The molecule has 1 aliphatic heterocycles. The number of halogens is 1. The SMILES string of the molecule is CCc1ccccc1N1C(=O)/C(=C\c2ccc(OC)c(F)c2)NC1=S. The van der Waals surface area contributed by atoms with E-state index in [1.807, 2.05) is 31.2 Å². The van der Waals surface area contributed by atoms with Gasteiger partial charge in [-0.05, 0) is 54.0 Å². The van der Waals surface area contributed by atoms with Crippen molar-refractivity contribution in [3.63, 3.8) is 0 Å². The highest BCUT2D eigenvalue weighted by molar-refractivity contribution is 7.80. The van der Waals surface area contributed by atoms with Crippen LogP contribution in [0.5, 0.6) is 5.75 Å². The summed E-state index contributed by atoms with van der Waals surface area (Å²) in [4.78, 5) is 14.3. The Hall–Kier alpha value is -2.73. The second kappa shape index (κ2) is 7.03. The third-order valence-corrected chi connectivity index (χ3v) is 4.26. The minimum Gasteiger partial charge on any atom is -0.494 e. The van der Waals surface area contributed by atoms with Crippen molar-refractivity contribution in [1.82, 2.24) is 5.32 Å². The molecule has 6 heteroatoms. The summed E-state index contributed by atoms with van der Waals surface area (Å²) in [6.07, 6.45) is 2.36. The third-order valence-electron chi connectivity index (χ3n) is 3.98. The van der Waals surface area contributed by atoms with Crippen molar-refractivity contribution >= 4 is 35.0 Å². The number of anilines is 1. The van der Waals surface area contributed by atoms with Crippen molar-refractivity contribution in [3.8, 4) is 5.75 Å². The first kappa shape index (κ1) is 17.1. The molecule has 1 fully saturated rings. The Morgan fingerprint density at radius 3 is 2.72 bits per heavy atom. The van der Waals surface area contributed by atoms with E-state index in [-0.39, 0.29) is 11.7 Å². The molecule has 1 aliphatic rings. The molecule has 25 heavy (non-hydrogen) atoms. The summed E-state index contributed by atoms with van der Waals surface area (Å²) in [6.45, 7) is 2.02. The standard InChI is InChI=1S/C19H17FN2O2S/c1-3-13-6-4-5-7-16(13)22-18(23)15(21-19(22)25)11-12-8-9-17(24-2)14(20)10-12/h4-11H,3H2,1-2H3,(H,21,25)/b15-11+. The van der Waals surface area contributed by atoms with Crippen LogP contribution in [-0.4, -0.2) is 18.1 Å². The van der Waals surface area contributed by atoms with E-state index in [0.29, 0.717) is 16.4 Å². The van der Waals surface area contributed by atoms with Gasteiger partial charge in [0, 0.05) is 0 Å². The van der Waals surface area contributed by atoms with Crippen LogP contribution >= 0.6 is 12.2 Å². The molecule has 1 heterocycles. The van der Waals surface area contributed by atoms with Gasteiger partial charge in [-0.15, -0.1) is 0 Å². The molecular formula is C19H17FN2O2S. The number of benzene rings is 2. The van der Waals surface area contributed by atoms with Gasteiger partial charge >= 0.3 is 0 Å². The fraction of sp³-hybridized carbons (Fsp3) is 0.158. The fourth-order valence-corrected chi connectivity index (χ4v) is 3.01. The van der Waals surface area contributed by atoms with E-state index in [2.05, 4.69) is 5.32 Å². The lowest BCUT2D eigenvalue weighted by Crippen LogP contribution is -2.31. The number of ether oxygens (including phenoxy) is 1. The van der Waals surface area contributed by atoms with E-state index in [1.54, 1.807) is 12.1 Å². The smallest absolute Gasteiger partial charge is 0.281 e. The lowest BCUT2D eigenvalue weighted by molar-refractivity contribution is -0.113. The Morgan fingerprint density at radius 2 is 2.04 bits per heavy atom. The summed E-state index contributed by atoms with van der Waals surface area (Å²) in [5, 5.41) is 3.23. The topological polar surface area (TPSA) is 41.6 Å². The largest absolute Gasteiger partial charge is 0.494 e. The minimum atomic E-state index is -0.488. The van der Waals surface area contributed by atoms with E-state index in [4.69, 9.17) is 17.0 Å². The van der Waals surface area contributed by atoms with Crippen LogP contribution in [-0.2, 0) is 11.2 Å². The highest BCUT2D eigenvalue weighted by Gasteiger charge is 2.32. The van der Waals surface area contributed by atoms with Crippen molar-refractivity contribution < 1.29 is 13.9 Å². The van der Waals surface area contributed by atoms with Crippen molar-refractivity contribution in [1.29, 1.82) is 0 Å². The van der Waals surface area contributed by atoms with Gasteiger partial charge in [0.2, 0.25) is 0 Å². The molecule has 1 saturated heterocycles. The minimum absolute atomic E-state index is 0.155. The Balaban J connectivity index is 1.95. The first-order chi connectivity index (χ1) is 12.0. The zero-order chi connectivity index (χ0) is 18.0. The monoisotopic (exact) mass is 356 g/mol. The number of aryl methyl sites for hydroxylation is 1. The molecule has 128 valence electrons. The van der Waals surface area contributed by atoms with Crippen LogP contribution in [0, 0.1) is 5.82 Å². The van der Waals surface area contributed by atoms with Gasteiger partial charge in [-0.2, -0.15) is 0 Å². The van der Waals surface area contributed by atoms with Crippen LogP contribution in [0.4, 0.5) is 10.1 Å². The van der Waals surface area contributed by atoms with Gasteiger partial charge in [0.15, 0.2) is 16.7 Å². The zero-order valence-electron chi connectivity index (χ0n) is 13.9. The molecule has 2 aromatic rings. The van der Waals surface area contributed by atoms with E-state index >= 15 is 0 Å². The number of carbonyl (C=O) groups excluding carboxylic acids is 1. The van der Waals surface area contributed by atoms with Crippen LogP contribution in [0.15, 0.2) is 48.2 Å². The molecule has 0 spiro atoms. The van der Waals surface area contributed by atoms with Crippen LogP contribution < -0.4 is 15.0 Å². The predicted octanol–water partition coefficient (Wildman–Crippen LogP) is 3.66. The molecule has 1 N–H and O–H groups in total. The average Bonchev–Trinajstić information content (AvgIpc) is 2.88. The van der Waals surface area contributed by atoms with Gasteiger partial charge in [-0.25, -0.2) is 4.39 Å². The van der Waals surface area contributed by atoms with Crippen molar-refractivity contribution in [2.24, 2.45) is 0 Å².